The van der Waals surface area contributed by atoms with Crippen molar-refractivity contribution >= 4 is 35.7 Å². The van der Waals surface area contributed by atoms with E-state index in [1.165, 1.54) is 25.3 Å². The zero-order valence-corrected chi connectivity index (χ0v) is 14.6. The molecule has 23 heavy (non-hydrogen) atoms. The van der Waals surface area contributed by atoms with Gasteiger partial charge in [0.25, 0.3) is 0 Å². The van der Waals surface area contributed by atoms with Crippen LogP contribution in [0.4, 0.5) is 5.69 Å². The molecule has 2 atom stereocenters. The van der Waals surface area contributed by atoms with E-state index in [0.29, 0.717) is 17.9 Å². The number of aromatic carboxylic acids is 1. The van der Waals surface area contributed by atoms with Gasteiger partial charge in [0, 0.05) is 18.0 Å². The standard InChI is InChI=1S/C16H21ClN2O3.ClH/c1-9(19-5-3-2-4-6-19)13-8-10-14(18)12(17)7-11(16(20)21)15(10)22-13;/h7,9,13H,2-6,8,18H2,1H3,(H,20,21);1H. The summed E-state index contributed by atoms with van der Waals surface area (Å²) in [5, 5.41) is 9.63. The lowest BCUT2D eigenvalue weighted by molar-refractivity contribution is 0.0660. The number of carboxylic acid groups (broad SMARTS) is 1. The highest BCUT2D eigenvalue weighted by Gasteiger charge is 2.36. The quantitative estimate of drug-likeness (QED) is 0.809. The highest BCUT2D eigenvalue weighted by Crippen LogP contribution is 2.42. The maximum atomic E-state index is 11.4. The van der Waals surface area contributed by atoms with Crippen molar-refractivity contribution in [1.82, 2.24) is 4.90 Å². The Morgan fingerprint density at radius 1 is 1.43 bits per heavy atom. The minimum absolute atomic E-state index is 0. The Balaban J connectivity index is 0.00000192. The number of rotatable bonds is 3. The fraction of sp³-hybridized carbons (Fsp3) is 0.562. The van der Waals surface area contributed by atoms with Crippen molar-refractivity contribution in [3.63, 3.8) is 0 Å². The maximum Gasteiger partial charge on any atom is 0.339 e. The number of hydrogen-bond acceptors (Lipinski definition) is 4. The van der Waals surface area contributed by atoms with Crippen LogP contribution in [0.2, 0.25) is 5.02 Å². The number of likely N-dealkylation sites (tertiary alicyclic amines) is 1. The number of anilines is 1. The van der Waals surface area contributed by atoms with Crippen LogP contribution < -0.4 is 10.5 Å². The van der Waals surface area contributed by atoms with Crippen LogP contribution in [-0.2, 0) is 6.42 Å². The highest BCUT2D eigenvalue weighted by atomic mass is 35.5. The van der Waals surface area contributed by atoms with Crippen LogP contribution in [-0.4, -0.2) is 41.2 Å². The zero-order chi connectivity index (χ0) is 15.9. The summed E-state index contributed by atoms with van der Waals surface area (Å²) in [4.78, 5) is 13.8. The number of carboxylic acids is 1. The van der Waals surface area contributed by atoms with Gasteiger partial charge in [0.15, 0.2) is 0 Å². The van der Waals surface area contributed by atoms with Gasteiger partial charge < -0.3 is 15.6 Å². The van der Waals surface area contributed by atoms with E-state index in [4.69, 9.17) is 22.1 Å². The van der Waals surface area contributed by atoms with Crippen LogP contribution >= 0.6 is 24.0 Å². The number of benzene rings is 1. The lowest BCUT2D eigenvalue weighted by Crippen LogP contribution is -2.46. The topological polar surface area (TPSA) is 75.8 Å². The number of ether oxygens (including phenoxy) is 1. The minimum Gasteiger partial charge on any atom is -0.487 e. The normalized spacial score (nSPS) is 21.9. The van der Waals surface area contributed by atoms with Gasteiger partial charge in [-0.05, 0) is 38.9 Å². The number of nitrogen functional groups attached to an aromatic ring is 1. The fourth-order valence-corrected chi connectivity index (χ4v) is 3.64. The molecule has 0 spiro atoms. The van der Waals surface area contributed by atoms with Gasteiger partial charge >= 0.3 is 5.97 Å². The van der Waals surface area contributed by atoms with E-state index in [2.05, 4.69) is 11.8 Å². The molecule has 1 fully saturated rings. The van der Waals surface area contributed by atoms with E-state index in [1.807, 2.05) is 0 Å². The molecule has 1 aromatic rings. The van der Waals surface area contributed by atoms with E-state index in [1.54, 1.807) is 0 Å². The van der Waals surface area contributed by atoms with Crippen LogP contribution in [0.25, 0.3) is 0 Å². The number of nitrogens with zero attached hydrogens (tertiary/aromatic N) is 1. The molecule has 7 heteroatoms. The number of hydrogen-bond donors (Lipinski definition) is 2. The Kier molecular flexibility index (Phi) is 5.65. The molecule has 0 amide bonds. The van der Waals surface area contributed by atoms with Crippen molar-refractivity contribution in [3.05, 3.63) is 22.2 Å². The van der Waals surface area contributed by atoms with Gasteiger partial charge in [0.2, 0.25) is 0 Å². The predicted molar refractivity (Wildman–Crippen MR) is 93.1 cm³/mol. The maximum absolute atomic E-state index is 11.4. The fourth-order valence-electron chi connectivity index (χ4n) is 3.42. The Labute approximate surface area is 147 Å². The Morgan fingerprint density at radius 2 is 2.09 bits per heavy atom. The number of nitrogens with two attached hydrogens (primary N) is 1. The third-order valence-electron chi connectivity index (χ3n) is 4.78. The predicted octanol–water partition coefficient (Wildman–Crippen LogP) is 3.22. The Bertz CT molecular complexity index is 603. The van der Waals surface area contributed by atoms with E-state index in [0.717, 1.165) is 18.7 Å². The SMILES string of the molecule is CC(C1Cc2c(N)c(Cl)cc(C(=O)O)c2O1)N1CCCCC1.Cl. The molecule has 0 bridgehead atoms. The second-order valence-electron chi connectivity index (χ2n) is 6.13. The number of piperidine rings is 1. The summed E-state index contributed by atoms with van der Waals surface area (Å²) in [6.45, 7) is 4.28. The molecule has 5 nitrogen and oxygen atoms in total. The van der Waals surface area contributed by atoms with Gasteiger partial charge in [-0.1, -0.05) is 18.0 Å². The summed E-state index contributed by atoms with van der Waals surface area (Å²) in [5.74, 6) is -0.646. The summed E-state index contributed by atoms with van der Waals surface area (Å²) in [6, 6.07) is 1.61. The number of fused-ring (bicyclic) bond motifs is 1. The van der Waals surface area contributed by atoms with E-state index in [-0.39, 0.29) is 35.1 Å². The summed E-state index contributed by atoms with van der Waals surface area (Å²) in [7, 11) is 0. The largest absolute Gasteiger partial charge is 0.487 e. The summed E-state index contributed by atoms with van der Waals surface area (Å²) in [5.41, 5.74) is 7.30. The minimum atomic E-state index is -1.04. The van der Waals surface area contributed by atoms with Gasteiger partial charge in [0.05, 0.1) is 10.7 Å². The first kappa shape index (κ1) is 18.2. The third-order valence-corrected chi connectivity index (χ3v) is 5.09. The number of halogens is 2. The van der Waals surface area contributed by atoms with Gasteiger partial charge in [-0.15, -0.1) is 12.4 Å². The molecular formula is C16H22Cl2N2O3. The van der Waals surface area contributed by atoms with Crippen LogP contribution in [0, 0.1) is 0 Å². The smallest absolute Gasteiger partial charge is 0.339 e. The monoisotopic (exact) mass is 360 g/mol. The Morgan fingerprint density at radius 3 is 2.70 bits per heavy atom. The molecule has 2 heterocycles. The van der Waals surface area contributed by atoms with Crippen LogP contribution in [0.3, 0.4) is 0 Å². The molecule has 1 saturated heterocycles. The summed E-state index contributed by atoms with van der Waals surface area (Å²) in [6.07, 6.45) is 4.23. The summed E-state index contributed by atoms with van der Waals surface area (Å²) < 4.78 is 5.99. The Hall–Kier alpha value is -1.17. The average Bonchev–Trinajstić information content (AvgIpc) is 2.96. The lowest BCUT2D eigenvalue weighted by atomic mass is 9.99. The molecule has 3 N–H and O–H groups in total. The van der Waals surface area contributed by atoms with Gasteiger partial charge in [0.1, 0.15) is 17.4 Å². The molecular weight excluding hydrogens is 339 g/mol. The van der Waals surface area contributed by atoms with E-state index < -0.39 is 5.97 Å². The summed E-state index contributed by atoms with van der Waals surface area (Å²) >= 11 is 6.06. The van der Waals surface area contributed by atoms with E-state index in [9.17, 15) is 9.90 Å². The molecule has 2 aliphatic rings. The molecule has 0 saturated carbocycles. The first-order valence-corrected chi connectivity index (χ1v) is 8.11. The van der Waals surface area contributed by atoms with Crippen molar-refractivity contribution in [2.75, 3.05) is 18.8 Å². The van der Waals surface area contributed by atoms with Crippen LogP contribution in [0.15, 0.2) is 6.07 Å². The molecule has 0 aromatic heterocycles. The molecule has 2 unspecified atom stereocenters. The van der Waals surface area contributed by atoms with Crippen LogP contribution in [0.5, 0.6) is 5.75 Å². The van der Waals surface area contributed by atoms with Crippen molar-refractivity contribution < 1.29 is 14.6 Å². The van der Waals surface area contributed by atoms with Crippen molar-refractivity contribution in [2.45, 2.75) is 44.8 Å². The first-order chi connectivity index (χ1) is 10.5. The average molecular weight is 361 g/mol. The molecule has 1 aromatic carbocycles. The van der Waals surface area contributed by atoms with Gasteiger partial charge in [-0.2, -0.15) is 0 Å². The third kappa shape index (κ3) is 3.37. The molecule has 3 rings (SSSR count). The second kappa shape index (κ2) is 7.16. The van der Waals surface area contributed by atoms with E-state index >= 15 is 0 Å². The lowest BCUT2D eigenvalue weighted by Gasteiger charge is -2.35. The highest BCUT2D eigenvalue weighted by molar-refractivity contribution is 6.33. The zero-order valence-electron chi connectivity index (χ0n) is 13.0. The second-order valence-corrected chi connectivity index (χ2v) is 6.54. The molecule has 2 aliphatic heterocycles. The van der Waals surface area contributed by atoms with Crippen molar-refractivity contribution in [3.8, 4) is 5.75 Å². The number of carbonyl (C=O) groups is 1. The van der Waals surface area contributed by atoms with Crippen molar-refractivity contribution in [2.24, 2.45) is 0 Å². The first-order valence-electron chi connectivity index (χ1n) is 7.74. The van der Waals surface area contributed by atoms with Gasteiger partial charge in [-0.3, -0.25) is 4.90 Å². The van der Waals surface area contributed by atoms with Crippen LogP contribution in [0.1, 0.15) is 42.1 Å². The molecule has 128 valence electrons. The van der Waals surface area contributed by atoms with Gasteiger partial charge in [-0.25, -0.2) is 4.79 Å². The molecule has 0 radical (unpaired) electrons. The van der Waals surface area contributed by atoms with Crippen molar-refractivity contribution in [1.29, 1.82) is 0 Å². The molecule has 0 aliphatic carbocycles.